The second kappa shape index (κ2) is 14.4. The van der Waals surface area contributed by atoms with E-state index in [9.17, 15) is 4.79 Å². The maximum absolute atomic E-state index is 12.7. The number of carboxylic acids is 2. The molecular formula is C29H32N2O8. The highest BCUT2D eigenvalue weighted by molar-refractivity contribution is 6.27. The lowest BCUT2D eigenvalue weighted by molar-refractivity contribution is -0.159. The van der Waals surface area contributed by atoms with Crippen LogP contribution in [0.5, 0.6) is 17.2 Å². The first-order valence-electron chi connectivity index (χ1n) is 12.3. The number of hydrogen-bond donors (Lipinski definition) is 2. The monoisotopic (exact) mass is 536 g/mol. The first-order chi connectivity index (χ1) is 18.8. The van der Waals surface area contributed by atoms with Gasteiger partial charge in [-0.25, -0.2) is 9.59 Å². The summed E-state index contributed by atoms with van der Waals surface area (Å²) >= 11 is 0. The highest BCUT2D eigenvalue weighted by atomic mass is 16.5. The Bertz CT molecular complexity index is 1230. The van der Waals surface area contributed by atoms with Crippen molar-refractivity contribution in [3.05, 3.63) is 78.4 Å². The summed E-state index contributed by atoms with van der Waals surface area (Å²) < 4.78 is 16.6. The quantitative estimate of drug-likeness (QED) is 0.417. The molecule has 206 valence electrons. The van der Waals surface area contributed by atoms with Crippen molar-refractivity contribution < 1.29 is 38.8 Å². The fourth-order valence-corrected chi connectivity index (χ4v) is 4.01. The summed E-state index contributed by atoms with van der Waals surface area (Å²) in [4.78, 5) is 35.1. The summed E-state index contributed by atoms with van der Waals surface area (Å²) in [6, 6.07) is 23.9. The molecule has 3 aromatic carbocycles. The van der Waals surface area contributed by atoms with Crippen molar-refractivity contribution in [3.8, 4) is 28.4 Å². The molecule has 0 aliphatic carbocycles. The van der Waals surface area contributed by atoms with Crippen LogP contribution >= 0.6 is 0 Å². The maximum atomic E-state index is 12.7. The van der Waals surface area contributed by atoms with Gasteiger partial charge in [0.05, 0.1) is 14.2 Å². The van der Waals surface area contributed by atoms with Gasteiger partial charge in [0, 0.05) is 38.3 Å². The highest BCUT2D eigenvalue weighted by Gasteiger charge is 2.22. The Kier molecular flexibility index (Phi) is 10.7. The molecule has 1 fully saturated rings. The molecular weight excluding hydrogens is 504 g/mol. The molecule has 0 atom stereocenters. The van der Waals surface area contributed by atoms with Crippen LogP contribution in [-0.2, 0) is 20.9 Å². The first-order valence-corrected chi connectivity index (χ1v) is 12.3. The number of aliphatic carboxylic acids is 2. The van der Waals surface area contributed by atoms with Crippen LogP contribution in [0.1, 0.15) is 5.56 Å². The SMILES string of the molecule is COc1ccc(OC)c(CN2CCN(C(=O)COc3ccc(-c4ccccc4)cc3)CC2)c1.O=C(O)C(=O)O. The molecule has 1 aliphatic heterocycles. The number of amides is 1. The number of ether oxygens (including phenoxy) is 3. The molecule has 0 radical (unpaired) electrons. The van der Waals surface area contributed by atoms with Gasteiger partial charge < -0.3 is 29.3 Å². The van der Waals surface area contributed by atoms with Gasteiger partial charge in [-0.05, 0) is 41.5 Å². The van der Waals surface area contributed by atoms with E-state index in [1.807, 2.05) is 65.6 Å². The van der Waals surface area contributed by atoms with Crippen LogP contribution in [0.4, 0.5) is 0 Å². The van der Waals surface area contributed by atoms with Gasteiger partial charge in [0.2, 0.25) is 0 Å². The van der Waals surface area contributed by atoms with Gasteiger partial charge >= 0.3 is 11.9 Å². The van der Waals surface area contributed by atoms with E-state index in [4.69, 9.17) is 34.0 Å². The Hall–Kier alpha value is -4.57. The summed E-state index contributed by atoms with van der Waals surface area (Å²) in [6.45, 7) is 3.78. The van der Waals surface area contributed by atoms with E-state index in [2.05, 4.69) is 17.0 Å². The zero-order valence-electron chi connectivity index (χ0n) is 21.9. The minimum atomic E-state index is -1.82. The van der Waals surface area contributed by atoms with Crippen LogP contribution in [0.2, 0.25) is 0 Å². The predicted octanol–water partition coefficient (Wildman–Crippen LogP) is 3.25. The minimum Gasteiger partial charge on any atom is -0.497 e. The van der Waals surface area contributed by atoms with Crippen molar-refractivity contribution in [1.29, 1.82) is 0 Å². The van der Waals surface area contributed by atoms with Gasteiger partial charge in [-0.1, -0.05) is 42.5 Å². The zero-order valence-corrected chi connectivity index (χ0v) is 21.9. The Labute approximate surface area is 226 Å². The molecule has 0 bridgehead atoms. The molecule has 0 unspecified atom stereocenters. The molecule has 1 heterocycles. The average Bonchev–Trinajstić information content (AvgIpc) is 2.97. The summed E-state index contributed by atoms with van der Waals surface area (Å²) in [5, 5.41) is 14.8. The number of piperazine rings is 1. The first kappa shape index (κ1) is 29.0. The van der Waals surface area contributed by atoms with Gasteiger partial charge in [-0.15, -0.1) is 0 Å². The Balaban J connectivity index is 0.000000631. The Morgan fingerprint density at radius 3 is 1.90 bits per heavy atom. The van der Waals surface area contributed by atoms with Crippen LogP contribution in [0.25, 0.3) is 11.1 Å². The fraction of sp³-hybridized carbons (Fsp3) is 0.276. The molecule has 1 amide bonds. The Morgan fingerprint density at radius 2 is 1.33 bits per heavy atom. The van der Waals surface area contributed by atoms with E-state index in [1.54, 1.807) is 14.2 Å². The minimum absolute atomic E-state index is 0.0146. The van der Waals surface area contributed by atoms with Crippen molar-refractivity contribution in [2.45, 2.75) is 6.54 Å². The number of hydrogen-bond acceptors (Lipinski definition) is 7. The largest absolute Gasteiger partial charge is 0.497 e. The number of rotatable bonds is 8. The Morgan fingerprint density at radius 1 is 0.744 bits per heavy atom. The number of benzene rings is 3. The average molecular weight is 537 g/mol. The van der Waals surface area contributed by atoms with E-state index >= 15 is 0 Å². The lowest BCUT2D eigenvalue weighted by atomic mass is 10.1. The zero-order chi connectivity index (χ0) is 28.2. The predicted molar refractivity (Wildman–Crippen MR) is 144 cm³/mol. The summed E-state index contributed by atoms with van der Waals surface area (Å²) in [5.41, 5.74) is 3.36. The third-order valence-corrected chi connectivity index (χ3v) is 6.11. The van der Waals surface area contributed by atoms with Crippen molar-refractivity contribution >= 4 is 17.8 Å². The summed E-state index contributed by atoms with van der Waals surface area (Å²) in [6.07, 6.45) is 0. The molecule has 39 heavy (non-hydrogen) atoms. The van der Waals surface area contributed by atoms with Crippen molar-refractivity contribution in [2.24, 2.45) is 0 Å². The summed E-state index contributed by atoms with van der Waals surface area (Å²) in [7, 11) is 3.34. The van der Waals surface area contributed by atoms with Gasteiger partial charge in [0.25, 0.3) is 5.91 Å². The van der Waals surface area contributed by atoms with Crippen molar-refractivity contribution in [3.63, 3.8) is 0 Å². The smallest absolute Gasteiger partial charge is 0.414 e. The van der Waals surface area contributed by atoms with Crippen LogP contribution < -0.4 is 14.2 Å². The number of methoxy groups -OCH3 is 2. The topological polar surface area (TPSA) is 126 Å². The van der Waals surface area contributed by atoms with Crippen LogP contribution in [0.15, 0.2) is 72.8 Å². The van der Waals surface area contributed by atoms with E-state index < -0.39 is 11.9 Å². The third kappa shape index (κ3) is 8.75. The molecule has 0 saturated carbocycles. The lowest BCUT2D eigenvalue weighted by Crippen LogP contribution is -2.49. The standard InChI is InChI=1S/C27H30N2O4.C2H2O4/c1-31-25-12-13-26(32-2)23(18-25)19-28-14-16-29(17-15-28)27(30)20-33-24-10-8-22(9-11-24)21-6-4-3-5-7-21;3-1(4)2(5)6/h3-13,18H,14-17,19-20H2,1-2H3;(H,3,4)(H,5,6). The molecule has 3 aromatic rings. The number of carbonyl (C=O) groups excluding carboxylic acids is 1. The molecule has 10 heteroatoms. The molecule has 1 aliphatic rings. The maximum Gasteiger partial charge on any atom is 0.414 e. The normalized spacial score (nSPS) is 13.0. The number of carbonyl (C=O) groups is 3. The number of nitrogens with zero attached hydrogens (tertiary/aromatic N) is 2. The van der Waals surface area contributed by atoms with Crippen molar-refractivity contribution in [2.75, 3.05) is 47.0 Å². The van der Waals surface area contributed by atoms with Crippen LogP contribution in [0.3, 0.4) is 0 Å². The van der Waals surface area contributed by atoms with Gasteiger partial charge in [0.15, 0.2) is 6.61 Å². The molecule has 0 spiro atoms. The molecule has 0 aromatic heterocycles. The number of carboxylic acid groups (broad SMARTS) is 2. The van der Waals surface area contributed by atoms with Gasteiger partial charge in [-0.2, -0.15) is 0 Å². The lowest BCUT2D eigenvalue weighted by Gasteiger charge is -2.35. The van der Waals surface area contributed by atoms with E-state index in [1.165, 1.54) is 0 Å². The van der Waals surface area contributed by atoms with Gasteiger partial charge in [-0.3, -0.25) is 9.69 Å². The van der Waals surface area contributed by atoms with E-state index in [0.717, 1.165) is 47.8 Å². The molecule has 1 saturated heterocycles. The summed E-state index contributed by atoms with van der Waals surface area (Å²) in [5.74, 6) is -1.27. The molecule has 10 nitrogen and oxygen atoms in total. The third-order valence-electron chi connectivity index (χ3n) is 6.11. The molecule has 4 rings (SSSR count). The highest BCUT2D eigenvalue weighted by Crippen LogP contribution is 2.26. The van der Waals surface area contributed by atoms with Crippen molar-refractivity contribution in [1.82, 2.24) is 9.80 Å². The van der Waals surface area contributed by atoms with Crippen LogP contribution in [-0.4, -0.2) is 84.9 Å². The van der Waals surface area contributed by atoms with Gasteiger partial charge in [0.1, 0.15) is 17.2 Å². The second-order valence-electron chi connectivity index (χ2n) is 8.62. The molecule has 2 N–H and O–H groups in total. The second-order valence-corrected chi connectivity index (χ2v) is 8.62. The van der Waals surface area contributed by atoms with Crippen LogP contribution in [0, 0.1) is 0 Å². The fourth-order valence-electron chi connectivity index (χ4n) is 4.01. The van der Waals surface area contributed by atoms with E-state index in [-0.39, 0.29) is 12.5 Å². The van der Waals surface area contributed by atoms with E-state index in [0.29, 0.717) is 18.8 Å².